The van der Waals surface area contributed by atoms with Crippen LogP contribution in [0, 0.1) is 5.92 Å². The number of nitrogens with one attached hydrogen (secondary N) is 1. The van der Waals surface area contributed by atoms with Crippen molar-refractivity contribution in [1.82, 2.24) is 19.8 Å². The van der Waals surface area contributed by atoms with Gasteiger partial charge in [0.05, 0.1) is 19.2 Å². The Bertz CT molecular complexity index is 1420. The zero-order chi connectivity index (χ0) is 33.8. The number of hydrogen-bond acceptors (Lipinski definition) is 7. The maximum Gasteiger partial charge on any atom is 0.408 e. The summed E-state index contributed by atoms with van der Waals surface area (Å²) < 4.78 is 13.1. The maximum absolute atomic E-state index is 14.5. The van der Waals surface area contributed by atoms with E-state index in [0.717, 1.165) is 43.2 Å². The molecule has 3 amide bonds. The fourth-order valence-corrected chi connectivity index (χ4v) is 6.12. The van der Waals surface area contributed by atoms with Crippen LogP contribution >= 0.6 is 0 Å². The number of alkyl carbamates (subject to hydrolysis) is 1. The molecule has 0 spiro atoms. The van der Waals surface area contributed by atoms with E-state index in [2.05, 4.69) is 10.3 Å². The van der Waals surface area contributed by atoms with E-state index in [1.807, 2.05) is 60.7 Å². The fraction of sp³-hybridized carbons (Fsp3) is 0.500. The van der Waals surface area contributed by atoms with Gasteiger partial charge in [0.1, 0.15) is 30.3 Å². The standard InChI is InChI=1S/C36H49N5O6/c1-36(2,3)47-35(45)39-29(21-26-13-7-4-8-14-26)34(44)41(23-31(37)42)30(22-27-15-9-5-10-16-27)32(43)33-38-19-20-40(33)25-46-24-28-17-11-6-12-18-28/h4,6-8,11-14,17-20,27,29-30,32,43H,5,9-10,15-16,21-25H2,1-3H3,(H2,37,42)(H,39,45)/t29-,30-,32+/m0/s1. The molecule has 11 nitrogen and oxygen atoms in total. The first-order valence-electron chi connectivity index (χ1n) is 16.4. The van der Waals surface area contributed by atoms with Crippen molar-refractivity contribution < 1.29 is 29.0 Å². The van der Waals surface area contributed by atoms with E-state index < -0.39 is 48.2 Å². The van der Waals surface area contributed by atoms with Crippen LogP contribution in [0.4, 0.5) is 4.79 Å². The minimum atomic E-state index is -1.27. The summed E-state index contributed by atoms with van der Waals surface area (Å²) >= 11 is 0. The number of benzene rings is 2. The van der Waals surface area contributed by atoms with Gasteiger partial charge in [0.15, 0.2) is 0 Å². The van der Waals surface area contributed by atoms with Gasteiger partial charge in [-0.15, -0.1) is 0 Å². The number of carbonyl (C=O) groups is 3. The Balaban J connectivity index is 1.65. The number of aliphatic hydroxyl groups is 1. The summed E-state index contributed by atoms with van der Waals surface area (Å²) in [5.74, 6) is -0.752. The van der Waals surface area contributed by atoms with Crippen LogP contribution in [0.3, 0.4) is 0 Å². The van der Waals surface area contributed by atoms with E-state index in [4.69, 9.17) is 15.2 Å². The Labute approximate surface area is 277 Å². The lowest BCUT2D eigenvalue weighted by atomic mass is 9.83. The smallest absolute Gasteiger partial charge is 0.408 e. The Hall–Kier alpha value is -4.22. The monoisotopic (exact) mass is 647 g/mol. The molecule has 3 aromatic rings. The Morgan fingerprint density at radius 1 is 1.02 bits per heavy atom. The molecule has 0 bridgehead atoms. The molecular formula is C36H49N5O6. The maximum atomic E-state index is 14.5. The number of aromatic nitrogens is 2. The summed E-state index contributed by atoms with van der Waals surface area (Å²) in [6.45, 7) is 5.26. The lowest BCUT2D eigenvalue weighted by Gasteiger charge is -2.39. The normalized spacial score (nSPS) is 15.7. The minimum absolute atomic E-state index is 0.123. The first kappa shape index (κ1) is 35.6. The first-order chi connectivity index (χ1) is 22.5. The third kappa shape index (κ3) is 11.2. The van der Waals surface area contributed by atoms with Gasteiger partial charge < -0.3 is 35.1 Å². The SMILES string of the molecule is CC(C)(C)OC(=O)N[C@@H](Cc1ccccc1)C(=O)N(CC(N)=O)[C@@H](CC1CCCCC1)[C@@H](O)c1nccn1COCc1ccccc1. The number of primary amides is 1. The number of carbonyl (C=O) groups excluding carboxylic acids is 3. The third-order valence-corrected chi connectivity index (χ3v) is 8.30. The van der Waals surface area contributed by atoms with Gasteiger partial charge in [0, 0.05) is 18.8 Å². The van der Waals surface area contributed by atoms with Crippen molar-refractivity contribution in [3.8, 4) is 0 Å². The minimum Gasteiger partial charge on any atom is -0.444 e. The number of nitrogens with zero attached hydrogens (tertiary/aromatic N) is 3. The summed E-state index contributed by atoms with van der Waals surface area (Å²) in [5.41, 5.74) is 6.75. The average molecular weight is 648 g/mol. The van der Waals surface area contributed by atoms with Crippen LogP contribution < -0.4 is 11.1 Å². The molecule has 11 heteroatoms. The van der Waals surface area contributed by atoms with Gasteiger partial charge in [-0.2, -0.15) is 0 Å². The van der Waals surface area contributed by atoms with Gasteiger partial charge in [0.25, 0.3) is 0 Å². The summed E-state index contributed by atoms with van der Waals surface area (Å²) in [5, 5.41) is 14.8. The number of rotatable bonds is 15. The second-order valence-electron chi connectivity index (χ2n) is 13.3. The Kier molecular flexibility index (Phi) is 12.9. The predicted molar refractivity (Wildman–Crippen MR) is 178 cm³/mol. The average Bonchev–Trinajstić information content (AvgIpc) is 3.51. The van der Waals surface area contributed by atoms with Crippen molar-refractivity contribution in [2.75, 3.05) is 6.54 Å². The van der Waals surface area contributed by atoms with Crippen LogP contribution in [-0.4, -0.2) is 61.7 Å². The zero-order valence-corrected chi connectivity index (χ0v) is 27.7. The molecule has 0 saturated heterocycles. The molecule has 1 fully saturated rings. The lowest BCUT2D eigenvalue weighted by molar-refractivity contribution is -0.143. The van der Waals surface area contributed by atoms with Gasteiger partial charge in [-0.05, 0) is 44.2 Å². The Morgan fingerprint density at radius 3 is 2.28 bits per heavy atom. The third-order valence-electron chi connectivity index (χ3n) is 8.30. The fourth-order valence-electron chi connectivity index (χ4n) is 6.12. The van der Waals surface area contributed by atoms with E-state index in [0.29, 0.717) is 18.9 Å². The second-order valence-corrected chi connectivity index (χ2v) is 13.3. The van der Waals surface area contributed by atoms with Gasteiger partial charge in [-0.25, -0.2) is 9.78 Å². The molecule has 4 N–H and O–H groups in total. The molecular weight excluding hydrogens is 598 g/mol. The highest BCUT2D eigenvalue weighted by Gasteiger charge is 2.39. The molecule has 1 aromatic heterocycles. The number of amides is 3. The topological polar surface area (TPSA) is 149 Å². The van der Waals surface area contributed by atoms with E-state index in [1.54, 1.807) is 37.7 Å². The molecule has 0 aliphatic heterocycles. The molecule has 47 heavy (non-hydrogen) atoms. The van der Waals surface area contributed by atoms with Crippen LogP contribution in [0.25, 0.3) is 0 Å². The largest absolute Gasteiger partial charge is 0.444 e. The van der Waals surface area contributed by atoms with Crippen LogP contribution in [0.1, 0.15) is 82.4 Å². The van der Waals surface area contributed by atoms with Crippen LogP contribution in [0.2, 0.25) is 0 Å². The number of nitrogens with two attached hydrogens (primary N) is 1. The molecule has 4 rings (SSSR count). The van der Waals surface area contributed by atoms with E-state index in [9.17, 15) is 19.5 Å². The van der Waals surface area contributed by atoms with Crippen LogP contribution in [0.5, 0.6) is 0 Å². The highest BCUT2D eigenvalue weighted by Crippen LogP contribution is 2.33. The second kappa shape index (κ2) is 17.1. The molecule has 1 saturated carbocycles. The number of aliphatic hydroxyl groups excluding tert-OH is 1. The molecule has 3 atom stereocenters. The quantitative estimate of drug-likeness (QED) is 0.213. The number of ether oxygens (including phenoxy) is 2. The van der Waals surface area contributed by atoms with Crippen molar-refractivity contribution in [2.45, 2.75) is 103 Å². The van der Waals surface area contributed by atoms with Crippen molar-refractivity contribution in [1.29, 1.82) is 0 Å². The van der Waals surface area contributed by atoms with Gasteiger partial charge in [0.2, 0.25) is 11.8 Å². The molecule has 254 valence electrons. The van der Waals surface area contributed by atoms with Gasteiger partial charge >= 0.3 is 6.09 Å². The summed E-state index contributed by atoms with van der Waals surface area (Å²) in [7, 11) is 0. The van der Waals surface area contributed by atoms with Crippen LogP contribution in [-0.2, 0) is 38.8 Å². The lowest BCUT2D eigenvalue weighted by Crippen LogP contribution is -2.57. The number of imidazole rings is 1. The van der Waals surface area contributed by atoms with Crippen molar-refractivity contribution >= 4 is 17.9 Å². The summed E-state index contributed by atoms with van der Waals surface area (Å²) in [4.78, 5) is 45.9. The molecule has 1 aliphatic carbocycles. The van der Waals surface area contributed by atoms with Gasteiger partial charge in [-0.1, -0.05) is 92.8 Å². The molecule has 1 aliphatic rings. The summed E-state index contributed by atoms with van der Waals surface area (Å²) in [6.07, 6.45) is 6.96. The van der Waals surface area contributed by atoms with Crippen LogP contribution in [0.15, 0.2) is 73.1 Å². The van der Waals surface area contributed by atoms with Gasteiger partial charge in [-0.3, -0.25) is 9.59 Å². The predicted octanol–water partition coefficient (Wildman–Crippen LogP) is 4.88. The van der Waals surface area contributed by atoms with Crippen molar-refractivity contribution in [2.24, 2.45) is 11.7 Å². The molecule has 0 unspecified atom stereocenters. The molecule has 0 radical (unpaired) electrons. The highest BCUT2D eigenvalue weighted by atomic mass is 16.6. The van der Waals surface area contributed by atoms with E-state index in [1.165, 1.54) is 4.90 Å². The van der Waals surface area contributed by atoms with E-state index >= 15 is 0 Å². The first-order valence-corrected chi connectivity index (χ1v) is 16.4. The highest BCUT2D eigenvalue weighted by molar-refractivity contribution is 5.89. The molecule has 2 aromatic carbocycles. The van der Waals surface area contributed by atoms with Crippen molar-refractivity contribution in [3.05, 3.63) is 90.0 Å². The summed E-state index contributed by atoms with van der Waals surface area (Å²) in [6, 6.07) is 17.1. The molecule has 1 heterocycles. The van der Waals surface area contributed by atoms with E-state index in [-0.39, 0.29) is 19.1 Å². The van der Waals surface area contributed by atoms with Crippen molar-refractivity contribution in [3.63, 3.8) is 0 Å². The zero-order valence-electron chi connectivity index (χ0n) is 27.7. The number of hydrogen-bond donors (Lipinski definition) is 3. The Morgan fingerprint density at radius 2 is 1.66 bits per heavy atom.